The second-order valence-corrected chi connectivity index (χ2v) is 12.4. The van der Waals surface area contributed by atoms with Crippen molar-refractivity contribution >= 4 is 67.5 Å². The van der Waals surface area contributed by atoms with Gasteiger partial charge in [-0.25, -0.2) is 13.4 Å². The predicted octanol–water partition coefficient (Wildman–Crippen LogP) is 3.40. The molecule has 0 aliphatic carbocycles. The average molecular weight is 540 g/mol. The summed E-state index contributed by atoms with van der Waals surface area (Å²) in [6, 6.07) is 8.14. The van der Waals surface area contributed by atoms with Gasteiger partial charge in [0.2, 0.25) is 10.0 Å². The van der Waals surface area contributed by atoms with E-state index < -0.39 is 15.9 Å². The lowest BCUT2D eigenvalue weighted by atomic mass is 10.1. The number of thiophene rings is 1. The zero-order chi connectivity index (χ0) is 24.5. The summed E-state index contributed by atoms with van der Waals surface area (Å²) in [7, 11) is -1.60. The monoisotopic (exact) mass is 539 g/mol. The normalized spacial score (nSPS) is 13.9. The van der Waals surface area contributed by atoms with Gasteiger partial charge in [-0.2, -0.15) is 0 Å². The SMILES string of the molecule is CN1CCc2nc(C(=O)Nc3c(CNC(=O)c4ccc(Cl)s4)cccc3NS(C)(=O)=O)sc2C1. The van der Waals surface area contributed by atoms with Crippen LogP contribution in [-0.2, 0) is 29.5 Å². The number of carbonyl (C=O) groups is 2. The Kier molecular flexibility index (Phi) is 7.24. The minimum atomic E-state index is -3.62. The van der Waals surface area contributed by atoms with Crippen molar-refractivity contribution in [2.45, 2.75) is 19.5 Å². The molecule has 1 aromatic carbocycles. The number of fused-ring (bicyclic) bond motifs is 1. The number of sulfonamides is 1. The Morgan fingerprint density at radius 3 is 2.68 bits per heavy atom. The van der Waals surface area contributed by atoms with Crippen LogP contribution in [0.5, 0.6) is 0 Å². The highest BCUT2D eigenvalue weighted by molar-refractivity contribution is 7.92. The summed E-state index contributed by atoms with van der Waals surface area (Å²) in [6.07, 6.45) is 1.80. The molecule has 2 amide bonds. The number of nitrogens with one attached hydrogen (secondary N) is 3. The van der Waals surface area contributed by atoms with Gasteiger partial charge >= 0.3 is 0 Å². The first kappa shape index (κ1) is 24.6. The van der Waals surface area contributed by atoms with E-state index in [-0.39, 0.29) is 23.8 Å². The molecule has 34 heavy (non-hydrogen) atoms. The lowest BCUT2D eigenvalue weighted by molar-refractivity contribution is 0.0954. The van der Waals surface area contributed by atoms with E-state index in [0.29, 0.717) is 19.8 Å². The molecule has 0 spiro atoms. The van der Waals surface area contributed by atoms with Crippen LogP contribution in [0.2, 0.25) is 4.34 Å². The van der Waals surface area contributed by atoms with Crippen molar-refractivity contribution in [1.29, 1.82) is 0 Å². The molecule has 0 atom stereocenters. The summed E-state index contributed by atoms with van der Waals surface area (Å²) in [5.74, 6) is -0.769. The van der Waals surface area contributed by atoms with Crippen molar-refractivity contribution in [3.05, 3.63) is 60.7 Å². The fourth-order valence-electron chi connectivity index (χ4n) is 3.47. The van der Waals surface area contributed by atoms with Gasteiger partial charge in [-0.3, -0.25) is 14.3 Å². The molecule has 3 heterocycles. The number of nitrogens with zero attached hydrogens (tertiary/aromatic N) is 2. The van der Waals surface area contributed by atoms with Gasteiger partial charge in [0.05, 0.1) is 32.5 Å². The minimum absolute atomic E-state index is 0.0579. The van der Waals surface area contributed by atoms with E-state index in [1.54, 1.807) is 30.3 Å². The van der Waals surface area contributed by atoms with Crippen LogP contribution in [0.1, 0.15) is 35.6 Å². The number of para-hydroxylation sites is 1. The van der Waals surface area contributed by atoms with Gasteiger partial charge in [0, 0.05) is 30.9 Å². The topological polar surface area (TPSA) is 120 Å². The number of hydrogen-bond donors (Lipinski definition) is 3. The van der Waals surface area contributed by atoms with Gasteiger partial charge in [-0.05, 0) is 30.8 Å². The highest BCUT2D eigenvalue weighted by Crippen LogP contribution is 2.30. The largest absolute Gasteiger partial charge is 0.347 e. The third kappa shape index (κ3) is 5.94. The van der Waals surface area contributed by atoms with E-state index >= 15 is 0 Å². The molecule has 1 aliphatic rings. The number of thiazole rings is 1. The summed E-state index contributed by atoms with van der Waals surface area (Å²) in [4.78, 5) is 33.7. The Morgan fingerprint density at radius 1 is 1.18 bits per heavy atom. The Morgan fingerprint density at radius 2 is 1.97 bits per heavy atom. The number of amides is 2. The lowest BCUT2D eigenvalue weighted by Crippen LogP contribution is -2.25. The van der Waals surface area contributed by atoms with Crippen molar-refractivity contribution in [3.63, 3.8) is 0 Å². The van der Waals surface area contributed by atoms with Crippen LogP contribution in [0.3, 0.4) is 0 Å². The third-order valence-electron chi connectivity index (χ3n) is 5.04. The van der Waals surface area contributed by atoms with Crippen molar-refractivity contribution in [2.24, 2.45) is 0 Å². The van der Waals surface area contributed by atoms with Gasteiger partial charge in [0.15, 0.2) is 5.01 Å². The summed E-state index contributed by atoms with van der Waals surface area (Å²) in [6.45, 7) is 1.66. The summed E-state index contributed by atoms with van der Waals surface area (Å²) < 4.78 is 26.8. The van der Waals surface area contributed by atoms with Crippen molar-refractivity contribution in [1.82, 2.24) is 15.2 Å². The maximum Gasteiger partial charge on any atom is 0.284 e. The maximum absolute atomic E-state index is 13.1. The number of hydrogen-bond acceptors (Lipinski definition) is 8. The third-order valence-corrected chi connectivity index (χ3v) is 7.94. The standard InChI is InChI=1S/C21H22ClN5O4S3/c1-27-9-8-13-16(11-27)33-21(24-13)20(29)25-18-12(4-3-5-14(18)26-34(2,30)31)10-23-19(28)15-6-7-17(22)32-15/h3-7,26H,8-11H2,1-2H3,(H,23,28)(H,25,29). The Balaban J connectivity index is 1.59. The molecule has 0 fully saturated rings. The molecule has 0 bridgehead atoms. The Bertz CT molecular complexity index is 1350. The zero-order valence-electron chi connectivity index (χ0n) is 18.3. The number of likely N-dealkylation sites (N-methyl/N-ethyl adjacent to an activating group) is 1. The Labute approximate surface area is 210 Å². The van der Waals surface area contributed by atoms with Crippen LogP contribution in [-0.4, -0.2) is 50.0 Å². The van der Waals surface area contributed by atoms with Crippen LogP contribution in [0.4, 0.5) is 11.4 Å². The van der Waals surface area contributed by atoms with E-state index in [0.717, 1.165) is 47.7 Å². The zero-order valence-corrected chi connectivity index (χ0v) is 21.6. The molecule has 180 valence electrons. The highest BCUT2D eigenvalue weighted by Gasteiger charge is 2.23. The molecule has 13 heteroatoms. The van der Waals surface area contributed by atoms with Gasteiger partial charge in [0.25, 0.3) is 11.8 Å². The molecule has 3 aromatic rings. The second-order valence-electron chi connectivity index (χ2n) is 7.83. The number of halogens is 1. The van der Waals surface area contributed by atoms with E-state index in [4.69, 9.17) is 11.6 Å². The fraction of sp³-hybridized carbons (Fsp3) is 0.286. The smallest absolute Gasteiger partial charge is 0.284 e. The quantitative estimate of drug-likeness (QED) is 0.423. The second kappa shape index (κ2) is 10.0. The number of benzene rings is 1. The Hall–Kier alpha value is -2.51. The van der Waals surface area contributed by atoms with E-state index in [2.05, 4.69) is 25.2 Å². The summed E-state index contributed by atoms with van der Waals surface area (Å²) in [5, 5.41) is 5.89. The van der Waals surface area contributed by atoms with Crippen LogP contribution in [0, 0.1) is 0 Å². The van der Waals surface area contributed by atoms with E-state index in [1.807, 2.05) is 7.05 Å². The first-order valence-electron chi connectivity index (χ1n) is 10.2. The van der Waals surface area contributed by atoms with Gasteiger partial charge < -0.3 is 15.5 Å². The van der Waals surface area contributed by atoms with E-state index in [9.17, 15) is 18.0 Å². The highest BCUT2D eigenvalue weighted by atomic mass is 35.5. The minimum Gasteiger partial charge on any atom is -0.347 e. The van der Waals surface area contributed by atoms with Crippen LogP contribution in [0.25, 0.3) is 0 Å². The molecule has 3 N–H and O–H groups in total. The van der Waals surface area contributed by atoms with Gasteiger partial charge in [-0.1, -0.05) is 23.7 Å². The molecular weight excluding hydrogens is 518 g/mol. The molecule has 0 unspecified atom stereocenters. The van der Waals surface area contributed by atoms with Crippen molar-refractivity contribution in [2.75, 3.05) is 29.9 Å². The number of anilines is 2. The molecule has 9 nitrogen and oxygen atoms in total. The summed E-state index contributed by atoms with van der Waals surface area (Å²) >= 11 is 8.38. The molecule has 0 saturated heterocycles. The van der Waals surface area contributed by atoms with Crippen LogP contribution < -0.4 is 15.4 Å². The van der Waals surface area contributed by atoms with Crippen LogP contribution in [0.15, 0.2) is 30.3 Å². The summed E-state index contributed by atoms with van der Waals surface area (Å²) in [5.41, 5.74) is 1.90. The molecule has 1 aliphatic heterocycles. The van der Waals surface area contributed by atoms with Crippen molar-refractivity contribution < 1.29 is 18.0 Å². The first-order chi connectivity index (χ1) is 16.1. The maximum atomic E-state index is 13.1. The van der Waals surface area contributed by atoms with Gasteiger partial charge in [0.1, 0.15) is 0 Å². The van der Waals surface area contributed by atoms with E-state index in [1.165, 1.54) is 11.3 Å². The van der Waals surface area contributed by atoms with Crippen LogP contribution >= 0.6 is 34.3 Å². The molecule has 0 saturated carbocycles. The van der Waals surface area contributed by atoms with Crippen molar-refractivity contribution in [3.8, 4) is 0 Å². The predicted molar refractivity (Wildman–Crippen MR) is 136 cm³/mol. The number of carbonyl (C=O) groups excluding carboxylic acids is 2. The van der Waals surface area contributed by atoms with Gasteiger partial charge in [-0.15, -0.1) is 22.7 Å². The molecule has 4 rings (SSSR count). The number of aromatic nitrogens is 1. The molecule has 0 radical (unpaired) electrons. The lowest BCUT2D eigenvalue weighted by Gasteiger charge is -2.20. The fourth-order valence-corrected chi connectivity index (χ4v) is 6.08. The number of rotatable bonds is 7. The average Bonchev–Trinajstić information content (AvgIpc) is 3.38. The molecule has 2 aromatic heterocycles. The molecular formula is C21H22ClN5O4S3. The first-order valence-corrected chi connectivity index (χ1v) is 14.1.